The average Bonchev–Trinajstić information content (AvgIpc) is 2.77. The van der Waals surface area contributed by atoms with Gasteiger partial charge in [0.15, 0.2) is 0 Å². The molecule has 1 unspecified atom stereocenters. The van der Waals surface area contributed by atoms with Gasteiger partial charge in [0, 0.05) is 30.4 Å². The Morgan fingerprint density at radius 1 is 1.44 bits per heavy atom. The number of benzene rings is 1. The van der Waals surface area contributed by atoms with Crippen molar-refractivity contribution >= 4 is 11.6 Å². The number of nitrogens with zero attached hydrogens (tertiary/aromatic N) is 2. The number of imidazole rings is 1. The van der Waals surface area contributed by atoms with Crippen molar-refractivity contribution in [2.45, 2.75) is 32.4 Å². The minimum Gasteiger partial charge on any atom is -0.388 e. The van der Waals surface area contributed by atoms with Crippen molar-refractivity contribution in [3.63, 3.8) is 0 Å². The number of halogens is 1. The van der Waals surface area contributed by atoms with Crippen molar-refractivity contribution in [1.82, 2.24) is 9.55 Å². The van der Waals surface area contributed by atoms with Crippen LogP contribution in [0.2, 0.25) is 5.02 Å². The summed E-state index contributed by atoms with van der Waals surface area (Å²) < 4.78 is 2.08. The van der Waals surface area contributed by atoms with E-state index in [0.717, 1.165) is 24.4 Å². The molecule has 0 aliphatic rings. The fourth-order valence-corrected chi connectivity index (χ4v) is 2.18. The van der Waals surface area contributed by atoms with E-state index in [-0.39, 0.29) is 0 Å². The van der Waals surface area contributed by atoms with Crippen LogP contribution in [-0.2, 0) is 13.0 Å². The number of aryl methyl sites for hydroxylation is 1. The first-order valence-electron chi connectivity index (χ1n) is 6.14. The van der Waals surface area contributed by atoms with Gasteiger partial charge in [0.05, 0.1) is 6.10 Å². The van der Waals surface area contributed by atoms with Crippen molar-refractivity contribution in [1.29, 1.82) is 0 Å². The van der Waals surface area contributed by atoms with Gasteiger partial charge in [-0.15, -0.1) is 0 Å². The molecule has 0 saturated carbocycles. The van der Waals surface area contributed by atoms with E-state index in [2.05, 4.69) is 16.5 Å². The van der Waals surface area contributed by atoms with Gasteiger partial charge < -0.3 is 9.67 Å². The van der Waals surface area contributed by atoms with Gasteiger partial charge in [0.2, 0.25) is 0 Å². The molecular weight excluding hydrogens is 248 g/mol. The zero-order chi connectivity index (χ0) is 13.0. The normalized spacial score (nSPS) is 12.6. The Kier molecular flexibility index (Phi) is 4.39. The molecule has 1 aromatic carbocycles. The van der Waals surface area contributed by atoms with Gasteiger partial charge >= 0.3 is 0 Å². The van der Waals surface area contributed by atoms with E-state index in [1.165, 1.54) is 0 Å². The summed E-state index contributed by atoms with van der Waals surface area (Å²) in [7, 11) is 0. The molecule has 1 aromatic heterocycles. The van der Waals surface area contributed by atoms with Crippen LogP contribution in [0.1, 0.15) is 30.8 Å². The molecule has 96 valence electrons. The lowest BCUT2D eigenvalue weighted by molar-refractivity contribution is 0.174. The number of rotatable bonds is 5. The number of hydrogen-bond donors (Lipinski definition) is 1. The Bertz CT molecular complexity index is 510. The van der Waals surface area contributed by atoms with Gasteiger partial charge in [-0.05, 0) is 24.1 Å². The second-order valence-corrected chi connectivity index (χ2v) is 4.75. The summed E-state index contributed by atoms with van der Waals surface area (Å²) in [6, 6.07) is 7.32. The third-order valence-corrected chi connectivity index (χ3v) is 3.11. The molecule has 0 fully saturated rings. The van der Waals surface area contributed by atoms with Gasteiger partial charge in [0.25, 0.3) is 0 Å². The monoisotopic (exact) mass is 264 g/mol. The molecule has 0 spiro atoms. The van der Waals surface area contributed by atoms with E-state index in [4.69, 9.17) is 11.6 Å². The van der Waals surface area contributed by atoms with Crippen LogP contribution in [0.4, 0.5) is 0 Å². The first-order valence-corrected chi connectivity index (χ1v) is 6.52. The molecule has 1 N–H and O–H groups in total. The molecule has 0 bridgehead atoms. The van der Waals surface area contributed by atoms with Crippen LogP contribution in [0, 0.1) is 0 Å². The van der Waals surface area contributed by atoms with Gasteiger partial charge in [0.1, 0.15) is 5.82 Å². The van der Waals surface area contributed by atoms with E-state index in [0.29, 0.717) is 11.4 Å². The maximum Gasteiger partial charge on any atom is 0.111 e. The third-order valence-electron chi connectivity index (χ3n) is 2.88. The maximum atomic E-state index is 10.2. The zero-order valence-corrected chi connectivity index (χ0v) is 11.1. The molecular formula is C14H17ClN2O. The minimum atomic E-state index is -0.568. The third kappa shape index (κ3) is 3.12. The van der Waals surface area contributed by atoms with Crippen LogP contribution in [0.25, 0.3) is 0 Å². The molecule has 0 amide bonds. The molecule has 2 aromatic rings. The molecule has 4 heteroatoms. The van der Waals surface area contributed by atoms with E-state index < -0.39 is 6.10 Å². The first-order chi connectivity index (χ1) is 8.70. The minimum absolute atomic E-state index is 0.507. The predicted octanol–water partition coefficient (Wildman–Crippen LogP) is 3.22. The average molecular weight is 265 g/mol. The Hall–Kier alpha value is -1.32. The highest BCUT2D eigenvalue weighted by Gasteiger charge is 2.12. The lowest BCUT2D eigenvalue weighted by Crippen LogP contribution is -2.08. The Balaban J connectivity index is 2.11. The van der Waals surface area contributed by atoms with Crippen LogP contribution in [0.3, 0.4) is 0 Å². The van der Waals surface area contributed by atoms with Crippen LogP contribution in [-0.4, -0.2) is 14.7 Å². The quantitative estimate of drug-likeness (QED) is 0.900. The Labute approximate surface area is 112 Å². The molecule has 18 heavy (non-hydrogen) atoms. The van der Waals surface area contributed by atoms with Crippen molar-refractivity contribution in [3.05, 3.63) is 53.1 Å². The second-order valence-electron chi connectivity index (χ2n) is 4.31. The number of hydrogen-bond acceptors (Lipinski definition) is 2. The number of aliphatic hydroxyl groups excluding tert-OH is 1. The van der Waals surface area contributed by atoms with Gasteiger partial charge in [-0.1, -0.05) is 30.7 Å². The van der Waals surface area contributed by atoms with Gasteiger partial charge in [-0.3, -0.25) is 0 Å². The summed E-state index contributed by atoms with van der Waals surface area (Å²) in [5.74, 6) is 0.907. The second kappa shape index (κ2) is 6.03. The van der Waals surface area contributed by atoms with Crippen LogP contribution < -0.4 is 0 Å². The molecule has 0 aliphatic carbocycles. The summed E-state index contributed by atoms with van der Waals surface area (Å²) >= 11 is 5.92. The molecule has 3 nitrogen and oxygen atoms in total. The topological polar surface area (TPSA) is 38.0 Å². The molecule has 2 rings (SSSR count). The SMILES string of the molecule is CCCn1ccnc1CC(O)c1cccc(Cl)c1. The van der Waals surface area contributed by atoms with Crippen LogP contribution in [0.5, 0.6) is 0 Å². The van der Waals surface area contributed by atoms with Gasteiger partial charge in [-0.2, -0.15) is 0 Å². The summed E-state index contributed by atoms with van der Waals surface area (Å²) in [5.41, 5.74) is 0.827. The lowest BCUT2D eigenvalue weighted by Gasteiger charge is -2.12. The molecule has 0 aliphatic heterocycles. The predicted molar refractivity (Wildman–Crippen MR) is 72.6 cm³/mol. The fourth-order valence-electron chi connectivity index (χ4n) is 1.98. The van der Waals surface area contributed by atoms with Gasteiger partial charge in [-0.25, -0.2) is 4.98 Å². The maximum absolute atomic E-state index is 10.2. The van der Waals surface area contributed by atoms with E-state index in [1.807, 2.05) is 18.3 Å². The molecule has 1 atom stereocenters. The van der Waals surface area contributed by atoms with E-state index in [1.54, 1.807) is 18.3 Å². The number of aromatic nitrogens is 2. The van der Waals surface area contributed by atoms with E-state index in [9.17, 15) is 5.11 Å². The fraction of sp³-hybridized carbons (Fsp3) is 0.357. The van der Waals surface area contributed by atoms with Crippen LogP contribution in [0.15, 0.2) is 36.7 Å². The molecule has 1 heterocycles. The summed E-state index contributed by atoms with van der Waals surface area (Å²) in [6.07, 6.45) is 4.71. The summed E-state index contributed by atoms with van der Waals surface area (Å²) in [6.45, 7) is 3.05. The van der Waals surface area contributed by atoms with Crippen LogP contribution >= 0.6 is 11.6 Å². The molecule has 0 radical (unpaired) electrons. The van der Waals surface area contributed by atoms with Crippen molar-refractivity contribution in [2.24, 2.45) is 0 Å². The summed E-state index contributed by atoms with van der Waals surface area (Å²) in [5, 5.41) is 10.8. The Morgan fingerprint density at radius 2 is 2.28 bits per heavy atom. The highest BCUT2D eigenvalue weighted by atomic mass is 35.5. The Morgan fingerprint density at radius 3 is 3.00 bits per heavy atom. The standard InChI is InChI=1S/C14H17ClN2O/c1-2-7-17-8-6-16-14(17)10-13(18)11-4-3-5-12(15)9-11/h3-6,8-9,13,18H,2,7,10H2,1H3. The van der Waals surface area contributed by atoms with Crippen molar-refractivity contribution in [2.75, 3.05) is 0 Å². The number of aliphatic hydroxyl groups is 1. The van der Waals surface area contributed by atoms with E-state index >= 15 is 0 Å². The largest absolute Gasteiger partial charge is 0.388 e. The highest BCUT2D eigenvalue weighted by Crippen LogP contribution is 2.20. The zero-order valence-electron chi connectivity index (χ0n) is 10.4. The molecule has 0 saturated heterocycles. The first kappa shape index (κ1) is 13.1. The summed E-state index contributed by atoms with van der Waals surface area (Å²) in [4.78, 5) is 4.29. The van der Waals surface area contributed by atoms with Crippen molar-refractivity contribution < 1.29 is 5.11 Å². The van der Waals surface area contributed by atoms with Crippen molar-refractivity contribution in [3.8, 4) is 0 Å². The lowest BCUT2D eigenvalue weighted by atomic mass is 10.1. The highest BCUT2D eigenvalue weighted by molar-refractivity contribution is 6.30. The smallest absolute Gasteiger partial charge is 0.111 e.